The van der Waals surface area contributed by atoms with Gasteiger partial charge in [-0.1, -0.05) is 11.6 Å². The van der Waals surface area contributed by atoms with Crippen molar-refractivity contribution in [1.29, 1.82) is 0 Å². The van der Waals surface area contributed by atoms with Crippen molar-refractivity contribution in [3.05, 3.63) is 64.7 Å². The molecule has 2 aromatic rings. The highest BCUT2D eigenvalue weighted by molar-refractivity contribution is 7.92. The first-order chi connectivity index (χ1) is 14.9. The number of carbonyl (C=O) groups is 1. The highest BCUT2D eigenvalue weighted by atomic mass is 35.5. The normalized spacial score (nSPS) is 21.9. The minimum absolute atomic E-state index is 0.0849. The molecule has 3 rings (SSSR count). The molecular weight excluding hydrogens is 486 g/mol. The molecule has 0 amide bonds. The van der Waals surface area contributed by atoms with Gasteiger partial charge in [0.1, 0.15) is 22.1 Å². The van der Waals surface area contributed by atoms with Gasteiger partial charge in [-0.2, -0.15) is 0 Å². The molecule has 6 nitrogen and oxygen atoms in total. The zero-order valence-electron chi connectivity index (χ0n) is 16.8. The van der Waals surface area contributed by atoms with E-state index in [1.165, 1.54) is 24.3 Å². The van der Waals surface area contributed by atoms with Crippen LogP contribution in [0.2, 0.25) is 5.02 Å². The van der Waals surface area contributed by atoms with Crippen molar-refractivity contribution in [2.75, 3.05) is 11.5 Å². The second kappa shape index (κ2) is 9.07. The van der Waals surface area contributed by atoms with Crippen molar-refractivity contribution < 1.29 is 35.5 Å². The van der Waals surface area contributed by atoms with Crippen LogP contribution in [0.25, 0.3) is 0 Å². The van der Waals surface area contributed by atoms with Crippen LogP contribution in [-0.4, -0.2) is 39.4 Å². The number of sulfone groups is 2. The van der Waals surface area contributed by atoms with E-state index in [4.69, 9.17) is 16.7 Å². The predicted molar refractivity (Wildman–Crippen MR) is 115 cm³/mol. The summed E-state index contributed by atoms with van der Waals surface area (Å²) in [6.07, 6.45) is -0.125. The monoisotopic (exact) mass is 506 g/mol. The SMILES string of the molecule is O=C(O)CS(=O)(=O)CC1CCC(c2cc(F)ccc2F)(S(=O)(=O)c2ccc(Cl)cc2)CC1. The lowest BCUT2D eigenvalue weighted by molar-refractivity contribution is -0.134. The lowest BCUT2D eigenvalue weighted by atomic mass is 9.78. The third-order valence-electron chi connectivity index (χ3n) is 5.80. The molecule has 0 unspecified atom stereocenters. The largest absolute Gasteiger partial charge is 0.480 e. The average molecular weight is 507 g/mol. The minimum Gasteiger partial charge on any atom is -0.480 e. The van der Waals surface area contributed by atoms with Gasteiger partial charge >= 0.3 is 5.97 Å². The smallest absolute Gasteiger partial charge is 0.318 e. The van der Waals surface area contributed by atoms with E-state index >= 15 is 0 Å². The van der Waals surface area contributed by atoms with Gasteiger partial charge < -0.3 is 5.11 Å². The van der Waals surface area contributed by atoms with Gasteiger partial charge in [0.25, 0.3) is 0 Å². The summed E-state index contributed by atoms with van der Waals surface area (Å²) in [5, 5.41) is 9.08. The van der Waals surface area contributed by atoms with Crippen LogP contribution in [0, 0.1) is 17.6 Å². The molecule has 1 aliphatic carbocycles. The van der Waals surface area contributed by atoms with Gasteiger partial charge in [-0.15, -0.1) is 0 Å². The standard InChI is InChI=1S/C21H21ClF2O6S2/c22-15-1-4-17(5-2-15)32(29,30)21(18-11-16(23)3-6-19(18)24)9-7-14(8-10-21)12-31(27,28)13-20(25)26/h1-6,11,14H,7-10,12-13H2,(H,25,26). The summed E-state index contributed by atoms with van der Waals surface area (Å²) in [6, 6.07) is 7.98. The van der Waals surface area contributed by atoms with E-state index in [0.717, 1.165) is 18.2 Å². The van der Waals surface area contributed by atoms with E-state index in [1.54, 1.807) is 0 Å². The van der Waals surface area contributed by atoms with Gasteiger partial charge in [-0.25, -0.2) is 25.6 Å². The van der Waals surface area contributed by atoms with Gasteiger partial charge in [-0.05, 0) is 74.1 Å². The molecule has 1 N–H and O–H groups in total. The molecule has 0 radical (unpaired) electrons. The number of rotatable bonds is 7. The number of halogens is 3. The first-order valence-corrected chi connectivity index (χ1v) is 13.4. The van der Waals surface area contributed by atoms with Crippen molar-refractivity contribution in [2.24, 2.45) is 5.92 Å². The van der Waals surface area contributed by atoms with Gasteiger partial charge in [-0.3, -0.25) is 4.79 Å². The van der Waals surface area contributed by atoms with E-state index in [-0.39, 0.29) is 36.1 Å². The number of benzene rings is 2. The molecule has 0 bridgehead atoms. The fourth-order valence-electron chi connectivity index (χ4n) is 4.29. The van der Waals surface area contributed by atoms with Gasteiger partial charge in [0.05, 0.1) is 10.6 Å². The van der Waals surface area contributed by atoms with Gasteiger partial charge in [0.2, 0.25) is 0 Å². The molecule has 174 valence electrons. The summed E-state index contributed by atoms with van der Waals surface area (Å²) in [5.41, 5.74) is -0.306. The average Bonchev–Trinajstić information content (AvgIpc) is 2.69. The highest BCUT2D eigenvalue weighted by Gasteiger charge is 2.50. The molecule has 32 heavy (non-hydrogen) atoms. The van der Waals surface area contributed by atoms with E-state index < -0.39 is 59.4 Å². The maximum absolute atomic E-state index is 14.8. The number of carboxylic acids is 1. The molecule has 0 heterocycles. The van der Waals surface area contributed by atoms with Crippen molar-refractivity contribution in [2.45, 2.75) is 35.3 Å². The Bertz CT molecular complexity index is 1220. The first-order valence-electron chi connectivity index (χ1n) is 9.74. The first kappa shape index (κ1) is 24.6. The molecular formula is C21H21ClF2O6S2. The number of carboxylic acid groups (broad SMARTS) is 1. The molecule has 0 aromatic heterocycles. The van der Waals surface area contributed by atoms with Crippen LogP contribution < -0.4 is 0 Å². The summed E-state index contributed by atoms with van der Waals surface area (Å²) in [7, 11) is -8.12. The number of hydrogen-bond acceptors (Lipinski definition) is 5. The Morgan fingerprint density at radius 2 is 1.62 bits per heavy atom. The molecule has 1 fully saturated rings. The predicted octanol–water partition coefficient (Wildman–Crippen LogP) is 3.98. The summed E-state index contributed by atoms with van der Waals surface area (Å²) in [5.74, 6) is -5.07. The zero-order valence-corrected chi connectivity index (χ0v) is 19.2. The summed E-state index contributed by atoms with van der Waals surface area (Å²) < 4.78 is 78.5. The molecule has 0 aliphatic heterocycles. The highest BCUT2D eigenvalue weighted by Crippen LogP contribution is 2.49. The number of hydrogen-bond donors (Lipinski definition) is 1. The molecule has 0 atom stereocenters. The lowest BCUT2D eigenvalue weighted by Gasteiger charge is -2.40. The third kappa shape index (κ3) is 4.97. The minimum atomic E-state index is -4.23. The van der Waals surface area contributed by atoms with Crippen LogP contribution in [-0.2, 0) is 29.2 Å². The van der Waals surface area contributed by atoms with E-state index in [0.29, 0.717) is 5.02 Å². The molecule has 11 heteroatoms. The van der Waals surface area contributed by atoms with Crippen LogP contribution in [0.5, 0.6) is 0 Å². The van der Waals surface area contributed by atoms with E-state index in [1.807, 2.05) is 0 Å². The van der Waals surface area contributed by atoms with Crippen LogP contribution in [0.1, 0.15) is 31.2 Å². The van der Waals surface area contributed by atoms with Gasteiger partial charge in [0, 0.05) is 10.6 Å². The number of aliphatic carboxylic acids is 1. The quantitative estimate of drug-likeness (QED) is 0.609. The Hall–Kier alpha value is -2.04. The van der Waals surface area contributed by atoms with Crippen molar-refractivity contribution in [3.8, 4) is 0 Å². The third-order valence-corrected chi connectivity index (χ3v) is 10.3. The fraction of sp³-hybridized carbons (Fsp3) is 0.381. The Morgan fingerprint density at radius 1 is 1.03 bits per heavy atom. The van der Waals surface area contributed by atoms with Crippen molar-refractivity contribution >= 4 is 37.2 Å². The van der Waals surface area contributed by atoms with Crippen molar-refractivity contribution in [1.82, 2.24) is 0 Å². The molecule has 1 saturated carbocycles. The van der Waals surface area contributed by atoms with Crippen LogP contribution in [0.4, 0.5) is 8.78 Å². The topological polar surface area (TPSA) is 106 Å². The summed E-state index contributed by atoms with van der Waals surface area (Å²) in [6.45, 7) is 0. The Kier molecular flexibility index (Phi) is 6.97. The zero-order chi connectivity index (χ0) is 23.7. The lowest BCUT2D eigenvalue weighted by Crippen LogP contribution is -2.41. The Labute approximate surface area is 190 Å². The van der Waals surface area contributed by atoms with Crippen LogP contribution in [0.15, 0.2) is 47.4 Å². The second-order valence-electron chi connectivity index (χ2n) is 7.97. The van der Waals surface area contributed by atoms with Crippen molar-refractivity contribution in [3.63, 3.8) is 0 Å². The maximum Gasteiger partial charge on any atom is 0.318 e. The van der Waals surface area contributed by atoms with Crippen LogP contribution >= 0.6 is 11.6 Å². The molecule has 0 saturated heterocycles. The van der Waals surface area contributed by atoms with E-state index in [9.17, 15) is 30.4 Å². The Morgan fingerprint density at radius 3 is 2.19 bits per heavy atom. The fourth-order valence-corrected chi connectivity index (χ4v) is 8.12. The van der Waals surface area contributed by atoms with Gasteiger partial charge in [0.15, 0.2) is 19.7 Å². The summed E-state index contributed by atoms with van der Waals surface area (Å²) >= 11 is 5.86. The maximum atomic E-state index is 14.8. The van der Waals surface area contributed by atoms with Crippen LogP contribution in [0.3, 0.4) is 0 Å². The molecule has 1 aliphatic rings. The van der Waals surface area contributed by atoms with E-state index in [2.05, 4.69) is 0 Å². The Balaban J connectivity index is 2.02. The molecule has 0 spiro atoms. The molecule has 2 aromatic carbocycles. The summed E-state index contributed by atoms with van der Waals surface area (Å²) in [4.78, 5) is 10.7. The second-order valence-corrected chi connectivity index (χ2v) is 12.8.